The van der Waals surface area contributed by atoms with Gasteiger partial charge in [-0.15, -0.1) is 0 Å². The number of halogens is 3. The molecule has 1 fully saturated rings. The number of benzene rings is 1. The lowest BCUT2D eigenvalue weighted by atomic mass is 10.1. The number of nitrogens with zero attached hydrogens (tertiary/aromatic N) is 2. The average molecular weight is 343 g/mol. The van der Waals surface area contributed by atoms with Crippen molar-refractivity contribution in [3.63, 3.8) is 0 Å². The zero-order valence-electron chi connectivity index (χ0n) is 13.6. The first-order valence-corrected chi connectivity index (χ1v) is 7.66. The summed E-state index contributed by atoms with van der Waals surface area (Å²) >= 11 is 0. The largest absolute Gasteiger partial charge is 0.416 e. The Morgan fingerprint density at radius 2 is 1.79 bits per heavy atom. The lowest BCUT2D eigenvalue weighted by Gasteiger charge is -2.37. The molecule has 8 heteroatoms. The first-order valence-electron chi connectivity index (χ1n) is 7.66. The van der Waals surface area contributed by atoms with Gasteiger partial charge in [0, 0.05) is 38.8 Å². The van der Waals surface area contributed by atoms with Gasteiger partial charge in [-0.25, -0.2) is 0 Å². The highest BCUT2D eigenvalue weighted by molar-refractivity contribution is 5.94. The second-order valence-corrected chi connectivity index (χ2v) is 5.79. The van der Waals surface area contributed by atoms with Crippen LogP contribution in [0.3, 0.4) is 0 Å². The Morgan fingerprint density at radius 3 is 2.33 bits per heavy atom. The molecule has 2 amide bonds. The summed E-state index contributed by atoms with van der Waals surface area (Å²) in [6.45, 7) is 5.38. The van der Waals surface area contributed by atoms with Crippen molar-refractivity contribution in [1.82, 2.24) is 9.80 Å². The van der Waals surface area contributed by atoms with Crippen molar-refractivity contribution in [2.45, 2.75) is 26.1 Å². The van der Waals surface area contributed by atoms with Crippen molar-refractivity contribution in [3.8, 4) is 0 Å². The minimum Gasteiger partial charge on any atom is -0.340 e. The zero-order chi connectivity index (χ0) is 17.9. The third-order valence-electron chi connectivity index (χ3n) is 4.14. The van der Waals surface area contributed by atoms with E-state index < -0.39 is 17.8 Å². The number of carbonyl (C=O) groups excluding carboxylic acids is 2. The molecule has 1 unspecified atom stereocenters. The molecule has 1 atom stereocenters. The van der Waals surface area contributed by atoms with E-state index in [1.54, 1.807) is 11.8 Å². The summed E-state index contributed by atoms with van der Waals surface area (Å²) in [5, 5.41) is 2.52. The highest BCUT2D eigenvalue weighted by Crippen LogP contribution is 2.30. The number of nitrogens with one attached hydrogen (secondary N) is 1. The van der Waals surface area contributed by atoms with Crippen molar-refractivity contribution < 1.29 is 22.8 Å². The van der Waals surface area contributed by atoms with E-state index in [0.29, 0.717) is 26.2 Å². The SMILES string of the molecule is CC(=O)N1CCN(C(C)C(=O)Nc2cccc(C(F)(F)F)c2)CC1. The number of hydrogen-bond donors (Lipinski definition) is 1. The number of alkyl halides is 3. The van der Waals surface area contributed by atoms with Gasteiger partial charge in [-0.05, 0) is 25.1 Å². The van der Waals surface area contributed by atoms with Crippen molar-refractivity contribution in [1.29, 1.82) is 0 Å². The van der Waals surface area contributed by atoms with Crippen LogP contribution >= 0.6 is 0 Å². The van der Waals surface area contributed by atoms with Crippen LogP contribution < -0.4 is 5.32 Å². The van der Waals surface area contributed by atoms with Crippen LogP contribution in [-0.4, -0.2) is 53.8 Å². The van der Waals surface area contributed by atoms with Gasteiger partial charge < -0.3 is 10.2 Å². The Hall–Kier alpha value is -2.09. The number of piperazine rings is 1. The van der Waals surface area contributed by atoms with Gasteiger partial charge in [-0.2, -0.15) is 13.2 Å². The molecule has 1 aliphatic heterocycles. The van der Waals surface area contributed by atoms with Crippen LogP contribution in [-0.2, 0) is 15.8 Å². The Labute approximate surface area is 138 Å². The molecule has 0 saturated carbocycles. The fourth-order valence-corrected chi connectivity index (χ4v) is 2.61. The van der Waals surface area contributed by atoms with Gasteiger partial charge in [0.05, 0.1) is 11.6 Å². The van der Waals surface area contributed by atoms with Crippen LogP contribution in [0.15, 0.2) is 24.3 Å². The Bertz CT molecular complexity index is 611. The summed E-state index contributed by atoms with van der Waals surface area (Å²) in [6.07, 6.45) is -4.45. The first kappa shape index (κ1) is 18.3. The minimum absolute atomic E-state index is 0.00396. The molecule has 1 aromatic carbocycles. The van der Waals surface area contributed by atoms with Gasteiger partial charge >= 0.3 is 6.18 Å². The number of amides is 2. The van der Waals surface area contributed by atoms with Crippen molar-refractivity contribution >= 4 is 17.5 Å². The number of rotatable bonds is 3. The van der Waals surface area contributed by atoms with Gasteiger partial charge in [0.1, 0.15) is 0 Å². The van der Waals surface area contributed by atoms with Crippen LogP contribution in [0.2, 0.25) is 0 Å². The summed E-state index contributed by atoms with van der Waals surface area (Å²) in [5.41, 5.74) is -0.688. The van der Waals surface area contributed by atoms with Gasteiger partial charge in [0.25, 0.3) is 0 Å². The molecule has 0 bridgehead atoms. The quantitative estimate of drug-likeness (QED) is 0.915. The highest BCUT2D eigenvalue weighted by atomic mass is 19.4. The molecule has 1 aliphatic rings. The van der Waals surface area contributed by atoms with E-state index in [1.165, 1.54) is 19.1 Å². The third-order valence-corrected chi connectivity index (χ3v) is 4.14. The van der Waals surface area contributed by atoms with Gasteiger partial charge in [0.2, 0.25) is 11.8 Å². The van der Waals surface area contributed by atoms with Crippen LogP contribution in [0.4, 0.5) is 18.9 Å². The summed E-state index contributed by atoms with van der Waals surface area (Å²) in [4.78, 5) is 27.2. The van der Waals surface area contributed by atoms with E-state index in [-0.39, 0.29) is 17.5 Å². The van der Waals surface area contributed by atoms with Crippen LogP contribution in [0.25, 0.3) is 0 Å². The average Bonchev–Trinajstić information content (AvgIpc) is 2.53. The van der Waals surface area contributed by atoms with Crippen molar-refractivity contribution in [2.75, 3.05) is 31.5 Å². The standard InChI is InChI=1S/C16H20F3N3O2/c1-11(21-6-8-22(9-7-21)12(2)23)15(24)20-14-5-3-4-13(10-14)16(17,18)19/h3-5,10-11H,6-9H2,1-2H3,(H,20,24). The molecule has 2 rings (SSSR count). The summed E-state index contributed by atoms with van der Waals surface area (Å²) in [6, 6.07) is 4.06. The molecule has 24 heavy (non-hydrogen) atoms. The highest BCUT2D eigenvalue weighted by Gasteiger charge is 2.31. The lowest BCUT2D eigenvalue weighted by molar-refractivity contribution is -0.137. The maximum absolute atomic E-state index is 12.7. The third kappa shape index (κ3) is 4.47. The zero-order valence-corrected chi connectivity index (χ0v) is 13.6. The van der Waals surface area contributed by atoms with E-state index in [0.717, 1.165) is 12.1 Å². The van der Waals surface area contributed by atoms with Gasteiger partial charge in [-0.1, -0.05) is 6.07 Å². The predicted octanol–water partition coefficient (Wildman–Crippen LogP) is 2.20. The minimum atomic E-state index is -4.45. The molecule has 1 saturated heterocycles. The molecular weight excluding hydrogens is 323 g/mol. The fraction of sp³-hybridized carbons (Fsp3) is 0.500. The predicted molar refractivity (Wildman–Crippen MR) is 83.4 cm³/mol. The molecule has 132 valence electrons. The smallest absolute Gasteiger partial charge is 0.340 e. The number of anilines is 1. The van der Waals surface area contributed by atoms with E-state index in [9.17, 15) is 22.8 Å². The second-order valence-electron chi connectivity index (χ2n) is 5.79. The molecule has 1 N–H and O–H groups in total. The molecular formula is C16H20F3N3O2. The van der Waals surface area contributed by atoms with E-state index >= 15 is 0 Å². The summed E-state index contributed by atoms with van der Waals surface area (Å²) < 4.78 is 38.1. The van der Waals surface area contributed by atoms with Crippen LogP contribution in [0, 0.1) is 0 Å². The number of hydrogen-bond acceptors (Lipinski definition) is 3. The molecule has 1 aromatic rings. The van der Waals surface area contributed by atoms with Crippen molar-refractivity contribution in [3.05, 3.63) is 29.8 Å². The van der Waals surface area contributed by atoms with Crippen LogP contribution in [0.5, 0.6) is 0 Å². The first-order chi connectivity index (χ1) is 11.2. The summed E-state index contributed by atoms with van der Waals surface area (Å²) in [7, 11) is 0. The molecule has 0 aliphatic carbocycles. The molecule has 5 nitrogen and oxygen atoms in total. The van der Waals surface area contributed by atoms with Crippen LogP contribution in [0.1, 0.15) is 19.4 Å². The fourth-order valence-electron chi connectivity index (χ4n) is 2.61. The topological polar surface area (TPSA) is 52.7 Å². The summed E-state index contributed by atoms with van der Waals surface area (Å²) in [5.74, 6) is -0.374. The maximum Gasteiger partial charge on any atom is 0.416 e. The molecule has 1 heterocycles. The van der Waals surface area contributed by atoms with Crippen molar-refractivity contribution in [2.24, 2.45) is 0 Å². The second kappa shape index (κ2) is 7.21. The van der Waals surface area contributed by atoms with Gasteiger partial charge in [-0.3, -0.25) is 14.5 Å². The number of carbonyl (C=O) groups is 2. The Balaban J connectivity index is 1.96. The van der Waals surface area contributed by atoms with E-state index in [1.807, 2.05) is 4.90 Å². The molecule has 0 radical (unpaired) electrons. The monoisotopic (exact) mass is 343 g/mol. The molecule has 0 aromatic heterocycles. The molecule has 0 spiro atoms. The van der Waals surface area contributed by atoms with Gasteiger partial charge in [0.15, 0.2) is 0 Å². The maximum atomic E-state index is 12.7. The van der Waals surface area contributed by atoms with E-state index in [4.69, 9.17) is 0 Å². The van der Waals surface area contributed by atoms with E-state index in [2.05, 4.69) is 5.32 Å². The lowest BCUT2D eigenvalue weighted by Crippen LogP contribution is -2.53. The Kier molecular flexibility index (Phi) is 5.48. The Morgan fingerprint density at radius 1 is 1.17 bits per heavy atom. The normalized spacial score (nSPS) is 17.5.